The van der Waals surface area contributed by atoms with Gasteiger partial charge in [-0.25, -0.2) is 4.57 Å². The lowest BCUT2D eigenvalue weighted by Gasteiger charge is -2.41. The molecule has 63 heavy (non-hydrogen) atoms. The van der Waals surface area contributed by atoms with E-state index in [1.807, 2.05) is 0 Å². The van der Waals surface area contributed by atoms with Crippen molar-refractivity contribution in [1.29, 1.82) is 0 Å². The molecule has 8 atom stereocenters. The van der Waals surface area contributed by atoms with Gasteiger partial charge in [-0.05, 0) is 44.9 Å². The molecule has 0 heterocycles. The van der Waals surface area contributed by atoms with Gasteiger partial charge < -0.3 is 39.9 Å². The van der Waals surface area contributed by atoms with Crippen molar-refractivity contribution in [2.45, 2.75) is 262 Å². The lowest BCUT2D eigenvalue weighted by molar-refractivity contribution is -0.220. The van der Waals surface area contributed by atoms with E-state index in [9.17, 15) is 44.6 Å². The zero-order valence-corrected chi connectivity index (χ0v) is 40.3. The summed E-state index contributed by atoms with van der Waals surface area (Å²) in [6, 6.07) is 0. The highest BCUT2D eigenvalue weighted by atomic mass is 31.2. The summed E-state index contributed by atoms with van der Waals surface area (Å²) in [6.07, 6.45) is 30.8. The van der Waals surface area contributed by atoms with Gasteiger partial charge in [-0.15, -0.1) is 0 Å². The summed E-state index contributed by atoms with van der Waals surface area (Å²) in [5.74, 6) is -1.11. The molecule has 1 aliphatic carbocycles. The number of carbonyl (C=O) groups excluding carboxylic acids is 2. The second-order valence-corrected chi connectivity index (χ2v) is 19.1. The van der Waals surface area contributed by atoms with Gasteiger partial charge in [0.2, 0.25) is 0 Å². The zero-order valence-electron chi connectivity index (χ0n) is 39.4. The topological polar surface area (TPSA) is 210 Å². The molecule has 1 fully saturated rings. The predicted octanol–water partition coefficient (Wildman–Crippen LogP) is 10.4. The molecule has 0 saturated heterocycles. The molecule has 1 aliphatic rings. The molecule has 0 aromatic heterocycles. The van der Waals surface area contributed by atoms with Crippen molar-refractivity contribution >= 4 is 19.8 Å². The number of aliphatic hydroxyl groups is 5. The molecule has 370 valence electrons. The van der Waals surface area contributed by atoms with Crippen molar-refractivity contribution < 1.29 is 63.1 Å². The van der Waals surface area contributed by atoms with Gasteiger partial charge in [0, 0.05) is 12.8 Å². The standard InChI is InChI=1S/C49H91O13P/c1-3-5-7-9-11-13-15-17-19-20-21-22-24-25-27-29-31-33-35-37-42(50)59-39-41(40-60-63(57,58)62-49-47(55)45(53)44(52)46(54)48(49)56)61-43(51)38-36-34-32-30-28-26-23-18-16-14-12-10-8-6-4-2/h12,14,18,23,41,44-49,52-56H,3-11,13,15-17,19-22,24-40H2,1-2H3,(H,57,58)/b14-12-,23-18-/t41-,44?,45-,46?,47?,48?,49?/m1/s1. The van der Waals surface area contributed by atoms with E-state index in [4.69, 9.17) is 18.5 Å². The average Bonchev–Trinajstić information content (AvgIpc) is 3.26. The molecular formula is C49H91O13P. The maximum atomic E-state index is 12.8. The van der Waals surface area contributed by atoms with Gasteiger partial charge in [0.25, 0.3) is 0 Å². The van der Waals surface area contributed by atoms with E-state index in [0.29, 0.717) is 12.8 Å². The Morgan fingerprint density at radius 2 is 0.857 bits per heavy atom. The summed E-state index contributed by atoms with van der Waals surface area (Å²) in [7, 11) is -5.12. The molecular weight excluding hydrogens is 828 g/mol. The third kappa shape index (κ3) is 31.8. The van der Waals surface area contributed by atoms with Crippen LogP contribution >= 0.6 is 7.82 Å². The Labute approximate surface area is 381 Å². The van der Waals surface area contributed by atoms with E-state index in [2.05, 4.69) is 38.2 Å². The number of hydrogen-bond acceptors (Lipinski definition) is 12. The van der Waals surface area contributed by atoms with Crippen molar-refractivity contribution in [2.24, 2.45) is 0 Å². The van der Waals surface area contributed by atoms with E-state index in [-0.39, 0.29) is 12.8 Å². The number of phosphoric acid groups is 1. The fraction of sp³-hybridized carbons (Fsp3) is 0.878. The highest BCUT2D eigenvalue weighted by Gasteiger charge is 2.51. The van der Waals surface area contributed by atoms with Crippen molar-refractivity contribution in [2.75, 3.05) is 13.2 Å². The summed E-state index contributed by atoms with van der Waals surface area (Å²) in [6.45, 7) is 3.29. The maximum Gasteiger partial charge on any atom is 0.472 e. The van der Waals surface area contributed by atoms with Crippen LogP contribution in [0.4, 0.5) is 0 Å². The molecule has 1 saturated carbocycles. The van der Waals surface area contributed by atoms with Gasteiger partial charge in [-0.3, -0.25) is 18.6 Å². The molecule has 0 aromatic carbocycles. The van der Waals surface area contributed by atoms with Crippen LogP contribution in [0.2, 0.25) is 0 Å². The van der Waals surface area contributed by atoms with Crippen LogP contribution in [-0.4, -0.2) is 98.3 Å². The fourth-order valence-corrected chi connectivity index (χ4v) is 8.70. The lowest BCUT2D eigenvalue weighted by atomic mass is 9.85. The number of ether oxygens (including phenoxy) is 2. The van der Waals surface area contributed by atoms with Gasteiger partial charge in [0.15, 0.2) is 6.10 Å². The third-order valence-corrected chi connectivity index (χ3v) is 12.8. The molecule has 13 nitrogen and oxygen atoms in total. The minimum Gasteiger partial charge on any atom is -0.462 e. The van der Waals surface area contributed by atoms with E-state index < -0.39 is 75.7 Å². The Morgan fingerprint density at radius 1 is 0.492 bits per heavy atom. The van der Waals surface area contributed by atoms with Gasteiger partial charge in [0.05, 0.1) is 6.61 Å². The number of phosphoric ester groups is 1. The van der Waals surface area contributed by atoms with Crippen LogP contribution in [0, 0.1) is 0 Å². The summed E-state index contributed by atoms with van der Waals surface area (Å²) in [5, 5.41) is 50.2. The molecule has 6 unspecified atom stereocenters. The Hall–Kier alpha value is -1.67. The monoisotopic (exact) mass is 919 g/mol. The first-order chi connectivity index (χ1) is 30.4. The largest absolute Gasteiger partial charge is 0.472 e. The Balaban J connectivity index is 2.40. The van der Waals surface area contributed by atoms with Crippen molar-refractivity contribution in [1.82, 2.24) is 0 Å². The molecule has 0 aliphatic heterocycles. The lowest BCUT2D eigenvalue weighted by Crippen LogP contribution is -2.64. The molecule has 0 aromatic rings. The summed E-state index contributed by atoms with van der Waals surface area (Å²) >= 11 is 0. The summed E-state index contributed by atoms with van der Waals surface area (Å²) in [4.78, 5) is 35.8. The van der Waals surface area contributed by atoms with Gasteiger partial charge >= 0.3 is 19.8 Å². The van der Waals surface area contributed by atoms with E-state index >= 15 is 0 Å². The molecule has 1 rings (SSSR count). The molecule has 0 spiro atoms. The highest BCUT2D eigenvalue weighted by molar-refractivity contribution is 7.47. The van der Waals surface area contributed by atoms with Crippen LogP contribution in [0.3, 0.4) is 0 Å². The van der Waals surface area contributed by atoms with Crippen LogP contribution < -0.4 is 0 Å². The van der Waals surface area contributed by atoms with E-state index in [1.165, 1.54) is 116 Å². The van der Waals surface area contributed by atoms with E-state index in [1.54, 1.807) is 0 Å². The van der Waals surface area contributed by atoms with Crippen molar-refractivity contribution in [3.05, 3.63) is 24.3 Å². The normalized spacial score (nSPS) is 21.8. The molecule has 14 heteroatoms. The van der Waals surface area contributed by atoms with Crippen LogP contribution in [0.15, 0.2) is 24.3 Å². The zero-order chi connectivity index (χ0) is 46.4. The van der Waals surface area contributed by atoms with Crippen molar-refractivity contribution in [3.8, 4) is 0 Å². The second kappa shape index (κ2) is 39.5. The minimum absolute atomic E-state index is 0.0835. The van der Waals surface area contributed by atoms with Crippen LogP contribution in [0.5, 0.6) is 0 Å². The first-order valence-electron chi connectivity index (χ1n) is 25.1. The number of hydrogen-bond donors (Lipinski definition) is 6. The van der Waals surface area contributed by atoms with Gasteiger partial charge in [-0.2, -0.15) is 0 Å². The number of aliphatic hydroxyl groups excluding tert-OH is 5. The highest BCUT2D eigenvalue weighted by Crippen LogP contribution is 2.47. The Kier molecular flexibility index (Phi) is 37.2. The minimum atomic E-state index is -5.12. The molecule has 0 bridgehead atoms. The number of unbranched alkanes of at least 4 members (excludes halogenated alkanes) is 26. The quantitative estimate of drug-likeness (QED) is 0.0146. The Bertz CT molecular complexity index is 1200. The summed E-state index contributed by atoms with van der Waals surface area (Å²) in [5.41, 5.74) is 0. The van der Waals surface area contributed by atoms with Crippen LogP contribution in [0.25, 0.3) is 0 Å². The predicted molar refractivity (Wildman–Crippen MR) is 249 cm³/mol. The van der Waals surface area contributed by atoms with Gasteiger partial charge in [-0.1, -0.05) is 186 Å². The first kappa shape index (κ1) is 59.3. The van der Waals surface area contributed by atoms with Crippen LogP contribution in [-0.2, 0) is 32.7 Å². The average molecular weight is 919 g/mol. The SMILES string of the molecule is CCCCC/C=C\C/C=C\CCCCCCCC(=O)O[C@H](COC(=O)CCCCCCCCCCCCCCCCCCCCC)COP(=O)(O)OC1C(O)C(O)C(O)[C@@H](O)C1O. The molecule has 0 amide bonds. The second-order valence-electron chi connectivity index (χ2n) is 17.7. The van der Waals surface area contributed by atoms with E-state index in [0.717, 1.165) is 64.2 Å². The maximum absolute atomic E-state index is 12.8. The number of carbonyl (C=O) groups is 2. The molecule has 6 N–H and O–H groups in total. The Morgan fingerprint density at radius 3 is 1.32 bits per heavy atom. The summed E-state index contributed by atoms with van der Waals surface area (Å²) < 4.78 is 33.6. The smallest absolute Gasteiger partial charge is 0.462 e. The molecule has 0 radical (unpaired) electrons. The number of rotatable bonds is 42. The third-order valence-electron chi connectivity index (χ3n) is 11.8. The fourth-order valence-electron chi connectivity index (χ4n) is 7.73. The number of allylic oxidation sites excluding steroid dienone is 4. The van der Waals surface area contributed by atoms with Crippen LogP contribution in [0.1, 0.15) is 219 Å². The number of esters is 2. The van der Waals surface area contributed by atoms with Gasteiger partial charge in [0.1, 0.15) is 43.2 Å². The van der Waals surface area contributed by atoms with Crippen molar-refractivity contribution in [3.63, 3.8) is 0 Å². The first-order valence-corrected chi connectivity index (χ1v) is 26.6.